The Balaban J connectivity index is 1.92. The van der Waals surface area contributed by atoms with Gasteiger partial charge >= 0.3 is 0 Å². The van der Waals surface area contributed by atoms with Gasteiger partial charge in [0.15, 0.2) is 9.84 Å². The molecule has 122 valence electrons. The Morgan fingerprint density at radius 2 is 1.91 bits per heavy atom. The number of amides is 1. The Kier molecular flexibility index (Phi) is 5.52. The minimum absolute atomic E-state index is 0.357. The Bertz CT molecular complexity index is 609. The van der Waals surface area contributed by atoms with E-state index >= 15 is 0 Å². The molecule has 1 amide bonds. The van der Waals surface area contributed by atoms with Crippen molar-refractivity contribution in [3.8, 4) is 0 Å². The molecule has 0 radical (unpaired) electrons. The molecule has 0 unspecified atom stereocenters. The molecule has 1 aliphatic heterocycles. The average Bonchev–Trinajstić information content (AvgIpc) is 2.48. The van der Waals surface area contributed by atoms with Gasteiger partial charge in [0.25, 0.3) is 0 Å². The molecule has 1 saturated heterocycles. The molecule has 0 bridgehead atoms. The lowest BCUT2D eigenvalue weighted by Gasteiger charge is -2.22. The second kappa shape index (κ2) is 7.19. The standard InChI is InChI=1S/C15H20FNO4S/c1-11(12-2-4-13(16)5-3-12)17-15(18)10-22(19,20)14-6-8-21-9-7-14/h2-5,11,14H,6-10H2,1H3,(H,17,18)/t11-/m1/s1. The molecular weight excluding hydrogens is 309 g/mol. The third-order valence-corrected chi connectivity index (χ3v) is 5.91. The Labute approximate surface area is 129 Å². The number of rotatable bonds is 5. The lowest BCUT2D eigenvalue weighted by Crippen LogP contribution is -2.38. The van der Waals surface area contributed by atoms with Crippen molar-refractivity contribution in [2.75, 3.05) is 19.0 Å². The minimum Gasteiger partial charge on any atom is -0.381 e. The summed E-state index contributed by atoms with van der Waals surface area (Å²) in [5, 5.41) is 2.13. The van der Waals surface area contributed by atoms with Crippen molar-refractivity contribution in [1.29, 1.82) is 0 Å². The molecule has 1 fully saturated rings. The van der Waals surface area contributed by atoms with Gasteiger partial charge < -0.3 is 10.1 Å². The Morgan fingerprint density at radius 3 is 2.50 bits per heavy atom. The molecule has 0 spiro atoms. The van der Waals surface area contributed by atoms with Crippen LogP contribution in [0, 0.1) is 5.82 Å². The number of hydrogen-bond donors (Lipinski definition) is 1. The van der Waals surface area contributed by atoms with Crippen LogP contribution in [0.15, 0.2) is 24.3 Å². The van der Waals surface area contributed by atoms with Gasteiger partial charge in [0.2, 0.25) is 5.91 Å². The monoisotopic (exact) mass is 329 g/mol. The Morgan fingerprint density at radius 1 is 1.32 bits per heavy atom. The Hall–Kier alpha value is -1.47. The molecule has 22 heavy (non-hydrogen) atoms. The summed E-state index contributed by atoms with van der Waals surface area (Å²) in [4.78, 5) is 12.0. The van der Waals surface area contributed by atoms with E-state index in [4.69, 9.17) is 4.74 Å². The number of carbonyl (C=O) groups excluding carboxylic acids is 1. The molecule has 1 atom stereocenters. The summed E-state index contributed by atoms with van der Waals surface area (Å²) < 4.78 is 42.4. The maximum Gasteiger partial charge on any atom is 0.235 e. The van der Waals surface area contributed by atoms with Gasteiger partial charge in [-0.2, -0.15) is 0 Å². The minimum atomic E-state index is -3.47. The molecule has 1 N–H and O–H groups in total. The van der Waals surface area contributed by atoms with E-state index in [2.05, 4.69) is 5.32 Å². The molecule has 1 heterocycles. The van der Waals surface area contributed by atoms with Crippen LogP contribution in [0.25, 0.3) is 0 Å². The fourth-order valence-electron chi connectivity index (χ4n) is 2.45. The van der Waals surface area contributed by atoms with E-state index in [9.17, 15) is 17.6 Å². The first kappa shape index (κ1) is 16.9. The summed E-state index contributed by atoms with van der Waals surface area (Å²) in [6, 6.07) is 5.35. The second-order valence-corrected chi connectivity index (χ2v) is 7.74. The predicted octanol–water partition coefficient (Wildman–Crippen LogP) is 1.60. The quantitative estimate of drug-likeness (QED) is 0.890. The highest BCUT2D eigenvalue weighted by Gasteiger charge is 2.30. The molecule has 2 rings (SSSR count). The zero-order valence-electron chi connectivity index (χ0n) is 12.4. The smallest absolute Gasteiger partial charge is 0.235 e. The topological polar surface area (TPSA) is 72.5 Å². The van der Waals surface area contributed by atoms with Crippen LogP contribution in [-0.4, -0.2) is 38.5 Å². The molecule has 1 aliphatic rings. The van der Waals surface area contributed by atoms with E-state index in [-0.39, 0.29) is 11.9 Å². The highest BCUT2D eigenvalue weighted by atomic mass is 32.2. The van der Waals surface area contributed by atoms with E-state index in [0.29, 0.717) is 26.1 Å². The summed E-state index contributed by atoms with van der Waals surface area (Å²) in [5.74, 6) is -1.42. The molecule has 1 aromatic carbocycles. The molecule has 7 heteroatoms. The molecule has 5 nitrogen and oxygen atoms in total. The second-order valence-electron chi connectivity index (χ2n) is 5.46. The van der Waals surface area contributed by atoms with Crippen molar-refractivity contribution >= 4 is 15.7 Å². The predicted molar refractivity (Wildman–Crippen MR) is 80.6 cm³/mol. The number of halogens is 1. The number of benzene rings is 1. The lowest BCUT2D eigenvalue weighted by atomic mass is 10.1. The van der Waals surface area contributed by atoms with E-state index in [1.54, 1.807) is 19.1 Å². The lowest BCUT2D eigenvalue weighted by molar-refractivity contribution is -0.119. The van der Waals surface area contributed by atoms with Crippen LogP contribution in [0.2, 0.25) is 0 Å². The SMILES string of the molecule is C[C@@H](NC(=O)CS(=O)(=O)C1CCOCC1)c1ccc(F)cc1. The van der Waals surface area contributed by atoms with E-state index < -0.39 is 26.7 Å². The summed E-state index contributed by atoms with van der Waals surface area (Å²) >= 11 is 0. The fourth-order valence-corrected chi connectivity index (χ4v) is 4.05. The molecule has 0 aromatic heterocycles. The van der Waals surface area contributed by atoms with Gasteiger partial charge in [-0.3, -0.25) is 4.79 Å². The molecule has 1 aromatic rings. The average molecular weight is 329 g/mol. The summed E-state index contributed by atoms with van der Waals surface area (Å²) in [5.41, 5.74) is 0.721. The molecule has 0 aliphatic carbocycles. The summed E-state index contributed by atoms with van der Waals surface area (Å²) in [6.45, 7) is 2.56. The first-order valence-electron chi connectivity index (χ1n) is 7.22. The number of carbonyl (C=O) groups is 1. The third-order valence-electron chi connectivity index (χ3n) is 3.76. The van der Waals surface area contributed by atoms with Crippen molar-refractivity contribution in [1.82, 2.24) is 5.32 Å². The van der Waals surface area contributed by atoms with Gasteiger partial charge in [-0.25, -0.2) is 12.8 Å². The highest BCUT2D eigenvalue weighted by molar-refractivity contribution is 7.92. The summed E-state index contributed by atoms with van der Waals surface area (Å²) in [7, 11) is -3.47. The third kappa shape index (κ3) is 4.51. The van der Waals surface area contributed by atoms with Gasteiger partial charge in [-0.1, -0.05) is 12.1 Å². The van der Waals surface area contributed by atoms with Crippen molar-refractivity contribution in [3.63, 3.8) is 0 Å². The van der Waals surface area contributed by atoms with Gasteiger partial charge in [0.05, 0.1) is 11.3 Å². The maximum atomic E-state index is 12.9. The first-order valence-corrected chi connectivity index (χ1v) is 8.94. The van der Waals surface area contributed by atoms with E-state index in [1.165, 1.54) is 12.1 Å². The van der Waals surface area contributed by atoms with Crippen LogP contribution in [0.3, 0.4) is 0 Å². The van der Waals surface area contributed by atoms with Crippen LogP contribution in [0.1, 0.15) is 31.4 Å². The van der Waals surface area contributed by atoms with E-state index in [0.717, 1.165) is 5.56 Å². The van der Waals surface area contributed by atoms with Gasteiger partial charge in [0.1, 0.15) is 11.6 Å². The van der Waals surface area contributed by atoms with Crippen LogP contribution >= 0.6 is 0 Å². The van der Waals surface area contributed by atoms with Crippen LogP contribution in [-0.2, 0) is 19.4 Å². The number of sulfone groups is 1. The van der Waals surface area contributed by atoms with Gasteiger partial charge in [-0.15, -0.1) is 0 Å². The van der Waals surface area contributed by atoms with Crippen LogP contribution in [0.4, 0.5) is 4.39 Å². The maximum absolute atomic E-state index is 12.9. The normalized spacial score (nSPS) is 17.9. The van der Waals surface area contributed by atoms with Crippen molar-refractivity contribution < 1.29 is 22.3 Å². The fraction of sp³-hybridized carbons (Fsp3) is 0.533. The van der Waals surface area contributed by atoms with E-state index in [1.807, 2.05) is 0 Å². The first-order chi connectivity index (χ1) is 10.4. The number of nitrogens with one attached hydrogen (secondary N) is 1. The summed E-state index contributed by atoms with van der Waals surface area (Å²) in [6.07, 6.45) is 0.867. The number of ether oxygens (including phenoxy) is 1. The van der Waals surface area contributed by atoms with Gasteiger partial charge in [0, 0.05) is 13.2 Å². The zero-order chi connectivity index (χ0) is 16.2. The van der Waals surface area contributed by atoms with Crippen molar-refractivity contribution in [2.45, 2.75) is 31.1 Å². The van der Waals surface area contributed by atoms with Crippen LogP contribution < -0.4 is 5.32 Å². The van der Waals surface area contributed by atoms with Crippen LogP contribution in [0.5, 0.6) is 0 Å². The molecular formula is C15H20FNO4S. The zero-order valence-corrected chi connectivity index (χ0v) is 13.2. The number of hydrogen-bond acceptors (Lipinski definition) is 4. The molecule has 0 saturated carbocycles. The highest BCUT2D eigenvalue weighted by Crippen LogP contribution is 2.17. The van der Waals surface area contributed by atoms with Crippen molar-refractivity contribution in [3.05, 3.63) is 35.6 Å². The van der Waals surface area contributed by atoms with Crippen molar-refractivity contribution in [2.24, 2.45) is 0 Å². The largest absolute Gasteiger partial charge is 0.381 e. The van der Waals surface area contributed by atoms with Gasteiger partial charge in [-0.05, 0) is 37.5 Å².